The number of thioether (sulfide) groups is 1. The van der Waals surface area contributed by atoms with Crippen LogP contribution >= 0.6 is 68.5 Å². The van der Waals surface area contributed by atoms with Crippen LogP contribution in [0, 0.1) is 7.14 Å². The number of carbonyl (C=O) groups is 1. The van der Waals surface area contributed by atoms with E-state index in [0.717, 1.165) is 41.3 Å². The van der Waals surface area contributed by atoms with E-state index in [4.69, 9.17) is 16.3 Å². The zero-order chi connectivity index (χ0) is 25.7. The van der Waals surface area contributed by atoms with Crippen molar-refractivity contribution in [2.45, 2.75) is 25.2 Å². The molecule has 0 bridgehead atoms. The molecule has 1 heterocycles. The van der Waals surface area contributed by atoms with E-state index in [1.807, 2.05) is 66.1 Å². The smallest absolute Gasteiger partial charge is 0.342 e. The van der Waals surface area contributed by atoms with Gasteiger partial charge in [0.1, 0.15) is 17.3 Å². The summed E-state index contributed by atoms with van der Waals surface area (Å²) in [5, 5.41) is 19.6. The first-order valence-corrected chi connectivity index (χ1v) is 14.2. The second-order valence-corrected chi connectivity index (χ2v) is 11.3. The molecule has 0 radical (unpaired) electrons. The predicted molar refractivity (Wildman–Crippen MR) is 160 cm³/mol. The maximum Gasteiger partial charge on any atom is 0.342 e. The summed E-state index contributed by atoms with van der Waals surface area (Å²) in [6.45, 7) is 3.01. The number of halogens is 3. The molecule has 4 aromatic rings. The van der Waals surface area contributed by atoms with Crippen molar-refractivity contribution in [1.82, 2.24) is 14.8 Å². The SMILES string of the molecule is CCn1c(S/C(=C\c2cc(I)c(OCc3ccccc3)c(I)c2)C(=O)O)nnc1-c1ccc(Cl)cc1. The van der Waals surface area contributed by atoms with Crippen LogP contribution in [0.15, 0.2) is 76.8 Å². The Bertz CT molecular complexity index is 1390. The molecule has 6 nitrogen and oxygen atoms in total. The average Bonchev–Trinajstić information content (AvgIpc) is 3.26. The highest BCUT2D eigenvalue weighted by atomic mass is 127. The third-order valence-electron chi connectivity index (χ3n) is 5.09. The van der Waals surface area contributed by atoms with Gasteiger partial charge in [0.2, 0.25) is 0 Å². The molecule has 4 rings (SSSR count). The molecule has 184 valence electrons. The Labute approximate surface area is 245 Å². The number of aliphatic carboxylic acids is 1. The third kappa shape index (κ3) is 6.61. The van der Waals surface area contributed by atoms with E-state index < -0.39 is 5.97 Å². The maximum atomic E-state index is 12.1. The lowest BCUT2D eigenvalue weighted by Gasteiger charge is -2.12. The Morgan fingerprint density at radius 1 is 1.08 bits per heavy atom. The first-order valence-electron chi connectivity index (χ1n) is 10.8. The second-order valence-electron chi connectivity index (χ2n) is 7.56. The van der Waals surface area contributed by atoms with Crippen LogP contribution in [-0.4, -0.2) is 25.8 Å². The van der Waals surface area contributed by atoms with E-state index in [0.29, 0.717) is 29.2 Å². The fourth-order valence-corrected chi connectivity index (χ4v) is 6.52. The van der Waals surface area contributed by atoms with Gasteiger partial charge in [0.25, 0.3) is 0 Å². The van der Waals surface area contributed by atoms with Gasteiger partial charge in [-0.3, -0.25) is 0 Å². The van der Waals surface area contributed by atoms with Crippen LogP contribution in [-0.2, 0) is 17.9 Å². The van der Waals surface area contributed by atoms with E-state index in [9.17, 15) is 9.90 Å². The van der Waals surface area contributed by atoms with E-state index in [1.54, 1.807) is 18.2 Å². The molecule has 0 aliphatic carbocycles. The number of carboxylic acid groups (broad SMARTS) is 1. The Morgan fingerprint density at radius 3 is 2.36 bits per heavy atom. The van der Waals surface area contributed by atoms with Crippen molar-refractivity contribution in [3.63, 3.8) is 0 Å². The fourth-order valence-electron chi connectivity index (χ4n) is 3.38. The molecular formula is C26H20ClI2N3O3S. The number of nitrogens with zero attached hydrogens (tertiary/aromatic N) is 3. The van der Waals surface area contributed by atoms with E-state index in [2.05, 4.69) is 55.4 Å². The fraction of sp³-hybridized carbons (Fsp3) is 0.115. The lowest BCUT2D eigenvalue weighted by atomic mass is 10.2. The summed E-state index contributed by atoms with van der Waals surface area (Å²) in [5.74, 6) is 0.401. The van der Waals surface area contributed by atoms with Gasteiger partial charge in [0.05, 0.1) is 7.14 Å². The predicted octanol–water partition coefficient (Wildman–Crippen LogP) is 7.62. The Morgan fingerprint density at radius 2 is 1.75 bits per heavy atom. The molecule has 0 unspecified atom stereocenters. The van der Waals surface area contributed by atoms with Crippen LogP contribution in [0.4, 0.5) is 0 Å². The summed E-state index contributed by atoms with van der Waals surface area (Å²) in [6, 6.07) is 21.1. The highest BCUT2D eigenvalue weighted by molar-refractivity contribution is 14.1. The molecule has 1 aromatic heterocycles. The van der Waals surface area contributed by atoms with Crippen molar-refractivity contribution in [2.75, 3.05) is 0 Å². The average molecular weight is 744 g/mol. The second kappa shape index (κ2) is 12.4. The minimum absolute atomic E-state index is 0.143. The number of hydrogen-bond donors (Lipinski definition) is 1. The summed E-state index contributed by atoms with van der Waals surface area (Å²) in [6.07, 6.45) is 1.65. The lowest BCUT2D eigenvalue weighted by molar-refractivity contribution is -0.131. The zero-order valence-corrected chi connectivity index (χ0v) is 24.9. The Balaban J connectivity index is 1.59. The highest BCUT2D eigenvalue weighted by Crippen LogP contribution is 2.34. The Hall–Kier alpha value is -2.09. The minimum Gasteiger partial charge on any atom is -0.487 e. The molecule has 36 heavy (non-hydrogen) atoms. The van der Waals surface area contributed by atoms with Gasteiger partial charge < -0.3 is 14.4 Å². The van der Waals surface area contributed by atoms with Gasteiger partial charge in [0, 0.05) is 17.1 Å². The Kier molecular flexibility index (Phi) is 9.31. The molecule has 0 spiro atoms. The van der Waals surface area contributed by atoms with E-state index in [-0.39, 0.29) is 4.91 Å². The summed E-state index contributed by atoms with van der Waals surface area (Å²) in [5.41, 5.74) is 2.70. The maximum absolute atomic E-state index is 12.1. The van der Waals surface area contributed by atoms with Gasteiger partial charge in [-0.25, -0.2) is 4.79 Å². The minimum atomic E-state index is -1.03. The van der Waals surface area contributed by atoms with Crippen molar-refractivity contribution >= 4 is 80.6 Å². The van der Waals surface area contributed by atoms with Crippen LogP contribution in [0.25, 0.3) is 17.5 Å². The van der Waals surface area contributed by atoms with Gasteiger partial charge in [0.15, 0.2) is 11.0 Å². The number of hydrogen-bond acceptors (Lipinski definition) is 5. The van der Waals surface area contributed by atoms with Crippen LogP contribution < -0.4 is 4.74 Å². The zero-order valence-electron chi connectivity index (χ0n) is 19.0. The van der Waals surface area contributed by atoms with E-state index >= 15 is 0 Å². The van der Waals surface area contributed by atoms with Crippen molar-refractivity contribution in [3.8, 4) is 17.1 Å². The standard InChI is InChI=1S/C26H20ClI2N3O3S/c1-2-32-24(18-8-10-19(27)11-9-18)30-31-26(32)36-22(25(33)34)14-17-12-20(28)23(21(29)13-17)35-15-16-6-4-3-5-7-16/h3-14H,2,15H2,1H3,(H,33,34)/b22-14-. The largest absolute Gasteiger partial charge is 0.487 e. The molecule has 0 aliphatic rings. The van der Waals surface area contributed by atoms with Crippen molar-refractivity contribution in [1.29, 1.82) is 0 Å². The van der Waals surface area contributed by atoms with Crippen molar-refractivity contribution < 1.29 is 14.6 Å². The van der Waals surface area contributed by atoms with Gasteiger partial charge in [-0.2, -0.15) is 0 Å². The summed E-state index contributed by atoms with van der Waals surface area (Å²) >= 11 is 11.5. The topological polar surface area (TPSA) is 77.2 Å². The summed E-state index contributed by atoms with van der Waals surface area (Å²) in [7, 11) is 0. The lowest BCUT2D eigenvalue weighted by Crippen LogP contribution is -2.03. The van der Waals surface area contributed by atoms with Crippen LogP contribution in [0.3, 0.4) is 0 Å². The molecule has 0 atom stereocenters. The van der Waals surface area contributed by atoms with Gasteiger partial charge in [-0.05, 0) is 117 Å². The monoisotopic (exact) mass is 743 g/mol. The van der Waals surface area contributed by atoms with Crippen LogP contribution in [0.1, 0.15) is 18.1 Å². The summed E-state index contributed by atoms with van der Waals surface area (Å²) in [4.78, 5) is 12.3. The molecule has 10 heteroatoms. The van der Waals surface area contributed by atoms with Crippen LogP contribution in [0.2, 0.25) is 5.02 Å². The van der Waals surface area contributed by atoms with Gasteiger partial charge in [-0.1, -0.05) is 41.9 Å². The number of benzene rings is 3. The molecule has 0 aliphatic heterocycles. The van der Waals surface area contributed by atoms with Gasteiger partial charge in [-0.15, -0.1) is 10.2 Å². The van der Waals surface area contributed by atoms with Crippen LogP contribution in [0.5, 0.6) is 5.75 Å². The number of carboxylic acids is 1. The molecule has 0 fully saturated rings. The molecule has 0 saturated heterocycles. The molecule has 0 saturated carbocycles. The number of aromatic nitrogens is 3. The van der Waals surface area contributed by atoms with Gasteiger partial charge >= 0.3 is 5.97 Å². The first kappa shape index (κ1) is 27.0. The van der Waals surface area contributed by atoms with E-state index in [1.165, 1.54) is 0 Å². The molecule has 1 N–H and O–H groups in total. The summed E-state index contributed by atoms with van der Waals surface area (Å²) < 4.78 is 9.74. The highest BCUT2D eigenvalue weighted by Gasteiger charge is 2.19. The quantitative estimate of drug-likeness (QED) is 0.108. The molecule has 0 amide bonds. The third-order valence-corrected chi connectivity index (χ3v) is 7.94. The normalized spacial score (nSPS) is 11.5. The molecule has 3 aromatic carbocycles. The first-order chi connectivity index (χ1) is 17.4. The van der Waals surface area contributed by atoms with Crippen molar-refractivity contribution in [2.24, 2.45) is 0 Å². The number of rotatable bonds is 9. The molecular weight excluding hydrogens is 724 g/mol. The van der Waals surface area contributed by atoms with Crippen molar-refractivity contribution in [3.05, 3.63) is 94.9 Å². The number of ether oxygens (including phenoxy) is 1.